The second-order valence-corrected chi connectivity index (χ2v) is 5.01. The third-order valence-corrected chi connectivity index (χ3v) is 3.32. The van der Waals surface area contributed by atoms with E-state index in [1.165, 1.54) is 11.9 Å². The average molecular weight is 282 g/mol. The Balaban J connectivity index is 1.42. The molecule has 2 aromatic heterocycles. The predicted octanol–water partition coefficient (Wildman–Crippen LogP) is 1.94. The summed E-state index contributed by atoms with van der Waals surface area (Å²) < 4.78 is 3.64. The summed E-state index contributed by atoms with van der Waals surface area (Å²) in [6.07, 6.45) is 8.54. The standard InChI is InChI=1S/C15H18N6/c1-2-6-14(7-3-1)8-4-5-9-20-10-15(18-19-20)11-21-13-16-12-17-21/h1-3,6-7,10,12-13H,4-5,8-9,11H2. The largest absolute Gasteiger partial charge is 0.252 e. The Morgan fingerprint density at radius 2 is 1.90 bits per heavy atom. The van der Waals surface area contributed by atoms with E-state index in [0.717, 1.165) is 31.5 Å². The van der Waals surface area contributed by atoms with Gasteiger partial charge in [-0.15, -0.1) is 5.10 Å². The van der Waals surface area contributed by atoms with Gasteiger partial charge in [-0.2, -0.15) is 5.10 Å². The Hall–Kier alpha value is -2.50. The molecule has 0 unspecified atom stereocenters. The van der Waals surface area contributed by atoms with E-state index in [0.29, 0.717) is 6.54 Å². The first-order chi connectivity index (χ1) is 10.4. The molecule has 0 aliphatic carbocycles. The molecule has 0 aliphatic heterocycles. The fourth-order valence-electron chi connectivity index (χ4n) is 2.25. The normalized spacial score (nSPS) is 10.9. The molecule has 3 aromatic rings. The Kier molecular flexibility index (Phi) is 4.36. The minimum Gasteiger partial charge on any atom is -0.252 e. The summed E-state index contributed by atoms with van der Waals surface area (Å²) in [6, 6.07) is 10.6. The molecule has 0 fully saturated rings. The van der Waals surface area contributed by atoms with Crippen molar-refractivity contribution in [2.45, 2.75) is 32.4 Å². The van der Waals surface area contributed by atoms with E-state index in [1.54, 1.807) is 11.0 Å². The van der Waals surface area contributed by atoms with Gasteiger partial charge in [0.05, 0.1) is 12.7 Å². The molecule has 108 valence electrons. The van der Waals surface area contributed by atoms with Crippen molar-refractivity contribution in [2.24, 2.45) is 0 Å². The zero-order chi connectivity index (χ0) is 14.3. The van der Waals surface area contributed by atoms with E-state index in [4.69, 9.17) is 0 Å². The molecular formula is C15H18N6. The second-order valence-electron chi connectivity index (χ2n) is 5.01. The zero-order valence-electron chi connectivity index (χ0n) is 11.8. The number of aromatic nitrogens is 6. The number of rotatable bonds is 7. The molecule has 0 saturated carbocycles. The van der Waals surface area contributed by atoms with Gasteiger partial charge in [0.15, 0.2) is 0 Å². The predicted molar refractivity (Wildman–Crippen MR) is 78.5 cm³/mol. The summed E-state index contributed by atoms with van der Waals surface area (Å²) in [5, 5.41) is 12.4. The number of hydrogen-bond acceptors (Lipinski definition) is 4. The van der Waals surface area contributed by atoms with Crippen LogP contribution in [0, 0.1) is 0 Å². The molecule has 0 N–H and O–H groups in total. The molecule has 6 heteroatoms. The minimum atomic E-state index is 0.615. The Morgan fingerprint density at radius 1 is 1.00 bits per heavy atom. The van der Waals surface area contributed by atoms with Gasteiger partial charge in [-0.25, -0.2) is 9.67 Å². The van der Waals surface area contributed by atoms with Crippen molar-refractivity contribution in [3.8, 4) is 0 Å². The van der Waals surface area contributed by atoms with Crippen molar-refractivity contribution >= 4 is 0 Å². The summed E-state index contributed by atoms with van der Waals surface area (Å²) in [4.78, 5) is 3.91. The van der Waals surface area contributed by atoms with Crippen LogP contribution in [-0.4, -0.2) is 29.8 Å². The van der Waals surface area contributed by atoms with Crippen LogP contribution in [0.4, 0.5) is 0 Å². The summed E-state index contributed by atoms with van der Waals surface area (Å²) in [5.41, 5.74) is 2.30. The van der Waals surface area contributed by atoms with E-state index in [2.05, 4.69) is 50.7 Å². The lowest BCUT2D eigenvalue weighted by Crippen LogP contribution is -2.00. The van der Waals surface area contributed by atoms with Gasteiger partial charge in [-0.05, 0) is 24.8 Å². The van der Waals surface area contributed by atoms with E-state index in [-0.39, 0.29) is 0 Å². The molecule has 0 amide bonds. The van der Waals surface area contributed by atoms with Gasteiger partial charge >= 0.3 is 0 Å². The number of aryl methyl sites for hydroxylation is 2. The maximum atomic E-state index is 4.15. The van der Waals surface area contributed by atoms with Crippen molar-refractivity contribution in [1.29, 1.82) is 0 Å². The van der Waals surface area contributed by atoms with E-state index < -0.39 is 0 Å². The molecule has 0 bridgehead atoms. The molecule has 2 heterocycles. The summed E-state index contributed by atoms with van der Waals surface area (Å²) >= 11 is 0. The van der Waals surface area contributed by atoms with Gasteiger partial charge < -0.3 is 0 Å². The van der Waals surface area contributed by atoms with Crippen LogP contribution in [0.1, 0.15) is 24.1 Å². The molecule has 0 atom stereocenters. The van der Waals surface area contributed by atoms with Gasteiger partial charge in [0.1, 0.15) is 18.3 Å². The SMILES string of the molecule is c1ccc(CCCCn2cc(Cn3cncn3)nn2)cc1. The highest BCUT2D eigenvalue weighted by molar-refractivity contribution is 5.14. The van der Waals surface area contributed by atoms with Crippen molar-refractivity contribution in [3.63, 3.8) is 0 Å². The monoisotopic (exact) mass is 282 g/mol. The maximum absolute atomic E-state index is 4.15. The lowest BCUT2D eigenvalue weighted by atomic mass is 10.1. The highest BCUT2D eigenvalue weighted by atomic mass is 15.4. The fraction of sp³-hybridized carbons (Fsp3) is 0.333. The number of benzene rings is 1. The molecule has 0 aliphatic rings. The molecular weight excluding hydrogens is 264 g/mol. The smallest absolute Gasteiger partial charge is 0.137 e. The Morgan fingerprint density at radius 3 is 2.71 bits per heavy atom. The molecule has 1 aromatic carbocycles. The van der Waals surface area contributed by atoms with Crippen LogP contribution < -0.4 is 0 Å². The van der Waals surface area contributed by atoms with Crippen LogP contribution in [0.25, 0.3) is 0 Å². The molecule has 3 rings (SSSR count). The summed E-state index contributed by atoms with van der Waals surface area (Å²) in [7, 11) is 0. The number of unbranched alkanes of at least 4 members (excludes halogenated alkanes) is 1. The molecule has 6 nitrogen and oxygen atoms in total. The van der Waals surface area contributed by atoms with Gasteiger partial charge in [0, 0.05) is 6.54 Å². The van der Waals surface area contributed by atoms with Crippen molar-refractivity contribution in [1.82, 2.24) is 29.8 Å². The molecule has 21 heavy (non-hydrogen) atoms. The summed E-state index contributed by atoms with van der Waals surface area (Å²) in [6.45, 7) is 1.52. The van der Waals surface area contributed by atoms with Crippen LogP contribution in [0.15, 0.2) is 49.2 Å². The van der Waals surface area contributed by atoms with Gasteiger partial charge in [-0.3, -0.25) is 4.68 Å². The van der Waals surface area contributed by atoms with Gasteiger partial charge in [-0.1, -0.05) is 35.5 Å². The highest BCUT2D eigenvalue weighted by Gasteiger charge is 2.02. The summed E-state index contributed by atoms with van der Waals surface area (Å²) in [5.74, 6) is 0. The first kappa shape index (κ1) is 13.5. The lowest BCUT2D eigenvalue weighted by molar-refractivity contribution is 0.541. The maximum Gasteiger partial charge on any atom is 0.137 e. The minimum absolute atomic E-state index is 0.615. The van der Waals surface area contributed by atoms with Gasteiger partial charge in [0.2, 0.25) is 0 Å². The second kappa shape index (κ2) is 6.78. The highest BCUT2D eigenvalue weighted by Crippen LogP contribution is 2.05. The molecule has 0 saturated heterocycles. The molecule has 0 spiro atoms. The molecule has 0 radical (unpaired) electrons. The number of nitrogens with zero attached hydrogens (tertiary/aromatic N) is 6. The van der Waals surface area contributed by atoms with Crippen LogP contribution in [0.3, 0.4) is 0 Å². The topological polar surface area (TPSA) is 61.4 Å². The van der Waals surface area contributed by atoms with Crippen LogP contribution in [0.2, 0.25) is 0 Å². The number of hydrogen-bond donors (Lipinski definition) is 0. The van der Waals surface area contributed by atoms with Gasteiger partial charge in [0.25, 0.3) is 0 Å². The van der Waals surface area contributed by atoms with Crippen LogP contribution in [-0.2, 0) is 19.5 Å². The van der Waals surface area contributed by atoms with Crippen LogP contribution in [0.5, 0.6) is 0 Å². The third-order valence-electron chi connectivity index (χ3n) is 3.32. The van der Waals surface area contributed by atoms with E-state index in [1.807, 2.05) is 10.9 Å². The van der Waals surface area contributed by atoms with E-state index >= 15 is 0 Å². The Labute approximate surface area is 123 Å². The van der Waals surface area contributed by atoms with Crippen molar-refractivity contribution < 1.29 is 0 Å². The van der Waals surface area contributed by atoms with E-state index in [9.17, 15) is 0 Å². The lowest BCUT2D eigenvalue weighted by Gasteiger charge is -2.01. The third kappa shape index (κ3) is 3.98. The average Bonchev–Trinajstić information content (AvgIpc) is 3.17. The Bertz CT molecular complexity index is 644. The first-order valence-electron chi connectivity index (χ1n) is 7.15. The fourth-order valence-corrected chi connectivity index (χ4v) is 2.25. The zero-order valence-corrected chi connectivity index (χ0v) is 11.8. The van der Waals surface area contributed by atoms with Crippen molar-refractivity contribution in [3.05, 3.63) is 60.4 Å². The van der Waals surface area contributed by atoms with Crippen molar-refractivity contribution in [2.75, 3.05) is 0 Å². The quantitative estimate of drug-likeness (QED) is 0.621. The van der Waals surface area contributed by atoms with Crippen LogP contribution >= 0.6 is 0 Å². The first-order valence-corrected chi connectivity index (χ1v) is 7.15.